The van der Waals surface area contributed by atoms with Crippen LogP contribution in [0.5, 0.6) is 0 Å². The molecule has 2 saturated heterocycles. The molecular formula is C14H18O4. The van der Waals surface area contributed by atoms with Crippen molar-refractivity contribution in [3.8, 4) is 0 Å². The van der Waals surface area contributed by atoms with Gasteiger partial charge in [-0.05, 0) is 12.5 Å². The van der Waals surface area contributed by atoms with Crippen molar-refractivity contribution in [1.82, 2.24) is 0 Å². The van der Waals surface area contributed by atoms with Gasteiger partial charge in [0.2, 0.25) is 0 Å². The van der Waals surface area contributed by atoms with Gasteiger partial charge in [0.05, 0.1) is 19.3 Å². The summed E-state index contributed by atoms with van der Waals surface area (Å²) in [5.41, 5.74) is 0.159. The third-order valence-corrected chi connectivity index (χ3v) is 3.55. The van der Waals surface area contributed by atoms with Crippen molar-refractivity contribution in [1.29, 1.82) is 0 Å². The van der Waals surface area contributed by atoms with Crippen molar-refractivity contribution in [2.45, 2.75) is 44.1 Å². The Morgan fingerprint density at radius 2 is 2.17 bits per heavy atom. The molecule has 2 bridgehead atoms. The number of fused-ring (bicyclic) bond motifs is 2. The summed E-state index contributed by atoms with van der Waals surface area (Å²) in [4.78, 5) is 0. The van der Waals surface area contributed by atoms with E-state index >= 15 is 0 Å². The van der Waals surface area contributed by atoms with E-state index in [9.17, 15) is 5.11 Å². The molecule has 2 heterocycles. The number of hydrogen-bond donors (Lipinski definition) is 1. The van der Waals surface area contributed by atoms with Gasteiger partial charge in [0, 0.05) is 6.42 Å². The van der Waals surface area contributed by atoms with E-state index in [0.29, 0.717) is 19.6 Å². The fourth-order valence-electron chi connectivity index (χ4n) is 2.52. The first-order chi connectivity index (χ1) is 8.65. The minimum atomic E-state index is -0.964. The van der Waals surface area contributed by atoms with Gasteiger partial charge in [-0.3, -0.25) is 0 Å². The lowest BCUT2D eigenvalue weighted by Gasteiger charge is -2.37. The summed E-state index contributed by atoms with van der Waals surface area (Å²) in [5, 5.41) is 10.2. The molecule has 1 aromatic rings. The molecule has 0 spiro atoms. The number of ether oxygens (including phenoxy) is 3. The van der Waals surface area contributed by atoms with Crippen LogP contribution in [0, 0.1) is 0 Å². The average molecular weight is 250 g/mol. The standard InChI is InChI=1S/C14H18O4/c1-14(15)7-11(12-9-17-13(14)18-12)16-8-10-5-3-2-4-6-10/h2-6,11-13,15H,7-9H2,1H3/t11-,12+,13+,14-/m0/s1. The highest BCUT2D eigenvalue weighted by molar-refractivity contribution is 5.13. The molecule has 4 atom stereocenters. The van der Waals surface area contributed by atoms with Gasteiger partial charge in [0.15, 0.2) is 6.29 Å². The second-order valence-corrected chi connectivity index (χ2v) is 5.24. The Hall–Kier alpha value is -0.940. The molecule has 0 radical (unpaired) electrons. The van der Waals surface area contributed by atoms with Crippen LogP contribution in [0.2, 0.25) is 0 Å². The highest BCUT2D eigenvalue weighted by Gasteiger charge is 2.50. The largest absolute Gasteiger partial charge is 0.385 e. The van der Waals surface area contributed by atoms with E-state index in [-0.39, 0.29) is 12.2 Å². The van der Waals surface area contributed by atoms with Crippen molar-refractivity contribution < 1.29 is 19.3 Å². The molecule has 0 aliphatic carbocycles. The molecule has 18 heavy (non-hydrogen) atoms. The molecule has 4 nitrogen and oxygen atoms in total. The Morgan fingerprint density at radius 3 is 2.94 bits per heavy atom. The Kier molecular flexibility index (Phi) is 3.11. The summed E-state index contributed by atoms with van der Waals surface area (Å²) >= 11 is 0. The van der Waals surface area contributed by atoms with Crippen LogP contribution in [0.4, 0.5) is 0 Å². The van der Waals surface area contributed by atoms with Crippen LogP contribution < -0.4 is 0 Å². The molecule has 0 aromatic heterocycles. The van der Waals surface area contributed by atoms with Crippen molar-refractivity contribution in [2.24, 2.45) is 0 Å². The van der Waals surface area contributed by atoms with Gasteiger partial charge in [0.25, 0.3) is 0 Å². The van der Waals surface area contributed by atoms with Crippen molar-refractivity contribution in [3.05, 3.63) is 35.9 Å². The maximum Gasteiger partial charge on any atom is 0.186 e. The van der Waals surface area contributed by atoms with E-state index in [1.165, 1.54) is 0 Å². The van der Waals surface area contributed by atoms with E-state index < -0.39 is 11.9 Å². The lowest BCUT2D eigenvalue weighted by Crippen LogP contribution is -2.50. The predicted molar refractivity (Wildman–Crippen MR) is 64.9 cm³/mol. The fourth-order valence-corrected chi connectivity index (χ4v) is 2.52. The summed E-state index contributed by atoms with van der Waals surface area (Å²) in [5.74, 6) is 0. The first kappa shape index (κ1) is 12.1. The number of benzene rings is 1. The fraction of sp³-hybridized carbons (Fsp3) is 0.571. The SMILES string of the molecule is C[C@]1(O)C[C@H](OCc2ccccc2)[C@H]2CO[C@@H]1O2. The lowest BCUT2D eigenvalue weighted by molar-refractivity contribution is -0.235. The molecule has 1 N–H and O–H groups in total. The summed E-state index contributed by atoms with van der Waals surface area (Å²) < 4.78 is 16.9. The molecule has 0 unspecified atom stereocenters. The van der Waals surface area contributed by atoms with Crippen LogP contribution in [0.3, 0.4) is 0 Å². The Bertz CT molecular complexity index is 404. The maximum absolute atomic E-state index is 10.2. The highest BCUT2D eigenvalue weighted by atomic mass is 16.7. The van der Waals surface area contributed by atoms with E-state index in [4.69, 9.17) is 14.2 Å². The van der Waals surface area contributed by atoms with Crippen molar-refractivity contribution in [2.75, 3.05) is 6.61 Å². The van der Waals surface area contributed by atoms with Gasteiger partial charge < -0.3 is 19.3 Å². The van der Waals surface area contributed by atoms with Crippen LogP contribution in [0.15, 0.2) is 30.3 Å². The van der Waals surface area contributed by atoms with E-state index in [1.807, 2.05) is 30.3 Å². The van der Waals surface area contributed by atoms with Crippen LogP contribution in [0.1, 0.15) is 18.9 Å². The quantitative estimate of drug-likeness (QED) is 0.882. The molecule has 2 aliphatic rings. The number of rotatable bonds is 3. The number of aliphatic hydroxyl groups is 1. The van der Waals surface area contributed by atoms with E-state index in [0.717, 1.165) is 5.56 Å². The monoisotopic (exact) mass is 250 g/mol. The van der Waals surface area contributed by atoms with Gasteiger partial charge in [0.1, 0.15) is 11.7 Å². The first-order valence-corrected chi connectivity index (χ1v) is 6.30. The topological polar surface area (TPSA) is 47.9 Å². The van der Waals surface area contributed by atoms with E-state index in [2.05, 4.69) is 0 Å². The second-order valence-electron chi connectivity index (χ2n) is 5.24. The van der Waals surface area contributed by atoms with Gasteiger partial charge in [-0.2, -0.15) is 0 Å². The molecule has 2 aliphatic heterocycles. The zero-order chi connectivity index (χ0) is 12.6. The smallest absolute Gasteiger partial charge is 0.186 e. The molecule has 3 rings (SSSR count). The molecular weight excluding hydrogens is 232 g/mol. The minimum absolute atomic E-state index is 0.0565. The minimum Gasteiger partial charge on any atom is -0.385 e. The molecule has 98 valence electrons. The maximum atomic E-state index is 10.2. The Balaban J connectivity index is 1.63. The molecule has 0 saturated carbocycles. The van der Waals surface area contributed by atoms with Crippen LogP contribution in [-0.2, 0) is 20.8 Å². The Morgan fingerprint density at radius 1 is 1.39 bits per heavy atom. The van der Waals surface area contributed by atoms with Crippen LogP contribution in [0.25, 0.3) is 0 Å². The summed E-state index contributed by atoms with van der Waals surface area (Å²) in [6, 6.07) is 10.0. The van der Waals surface area contributed by atoms with Crippen molar-refractivity contribution >= 4 is 0 Å². The average Bonchev–Trinajstić information content (AvgIpc) is 2.81. The van der Waals surface area contributed by atoms with Gasteiger partial charge in [-0.1, -0.05) is 30.3 Å². The molecule has 1 aromatic carbocycles. The number of hydrogen-bond acceptors (Lipinski definition) is 4. The lowest BCUT2D eigenvalue weighted by atomic mass is 9.93. The van der Waals surface area contributed by atoms with Crippen LogP contribution >= 0.6 is 0 Å². The Labute approximate surface area is 106 Å². The normalized spacial score (nSPS) is 38.9. The second kappa shape index (κ2) is 4.63. The van der Waals surface area contributed by atoms with Gasteiger partial charge in [-0.25, -0.2) is 0 Å². The first-order valence-electron chi connectivity index (χ1n) is 6.30. The zero-order valence-electron chi connectivity index (χ0n) is 10.4. The third kappa shape index (κ3) is 2.29. The summed E-state index contributed by atoms with van der Waals surface area (Å²) in [6.07, 6.45) is -0.119. The van der Waals surface area contributed by atoms with Crippen molar-refractivity contribution in [3.63, 3.8) is 0 Å². The van der Waals surface area contributed by atoms with Crippen LogP contribution in [-0.4, -0.2) is 35.8 Å². The predicted octanol–water partition coefficient (Wildman–Crippen LogP) is 1.47. The third-order valence-electron chi connectivity index (χ3n) is 3.55. The zero-order valence-corrected chi connectivity index (χ0v) is 10.4. The van der Waals surface area contributed by atoms with Gasteiger partial charge in [-0.15, -0.1) is 0 Å². The molecule has 4 heteroatoms. The van der Waals surface area contributed by atoms with Gasteiger partial charge >= 0.3 is 0 Å². The summed E-state index contributed by atoms with van der Waals surface area (Å²) in [7, 11) is 0. The molecule has 0 amide bonds. The highest BCUT2D eigenvalue weighted by Crippen LogP contribution is 2.36. The van der Waals surface area contributed by atoms with E-state index in [1.54, 1.807) is 6.92 Å². The molecule has 2 fully saturated rings. The summed E-state index contributed by atoms with van der Waals surface area (Å²) in [6.45, 7) is 2.77.